The van der Waals surface area contributed by atoms with Gasteiger partial charge in [-0.2, -0.15) is 0 Å². The number of urea groups is 1. The molecule has 2 aliphatic rings. The number of piperidine rings is 1. The first-order valence-electron chi connectivity index (χ1n) is 9.29. The van der Waals surface area contributed by atoms with Crippen LogP contribution >= 0.6 is 0 Å². The topological polar surface area (TPSA) is 82.5 Å². The van der Waals surface area contributed by atoms with E-state index in [2.05, 4.69) is 10.3 Å². The molecular formula is C21H23N3O3. The standard InChI is InChI=1S/C21H23N3O3/c1-14(25)15-4-6-17(7-5-15)23-20(26)24-18-8-9-19(24)12-21(27,11-18)16-3-2-10-22-13-16/h2-7,10,13,18-19,27H,8-9,11-12H2,1H3,(H,23,26)/t18-,19+,21?. The Morgan fingerprint density at radius 1 is 1.15 bits per heavy atom. The molecule has 2 N–H and O–H groups in total. The number of anilines is 1. The smallest absolute Gasteiger partial charge is 0.322 e. The van der Waals surface area contributed by atoms with Crippen molar-refractivity contribution in [3.8, 4) is 0 Å². The first-order valence-corrected chi connectivity index (χ1v) is 9.29. The van der Waals surface area contributed by atoms with E-state index in [1.807, 2.05) is 17.0 Å². The van der Waals surface area contributed by atoms with E-state index >= 15 is 0 Å². The second-order valence-corrected chi connectivity index (χ2v) is 7.54. The van der Waals surface area contributed by atoms with Crippen molar-refractivity contribution in [2.24, 2.45) is 0 Å². The minimum absolute atomic E-state index is 0.00311. The Labute approximate surface area is 158 Å². The van der Waals surface area contributed by atoms with Crippen molar-refractivity contribution in [2.75, 3.05) is 5.32 Å². The molecule has 6 nitrogen and oxygen atoms in total. The molecule has 140 valence electrons. The van der Waals surface area contributed by atoms with Crippen LogP contribution in [0.5, 0.6) is 0 Å². The average molecular weight is 365 g/mol. The van der Waals surface area contributed by atoms with Gasteiger partial charge >= 0.3 is 6.03 Å². The summed E-state index contributed by atoms with van der Waals surface area (Å²) in [6.45, 7) is 1.52. The summed E-state index contributed by atoms with van der Waals surface area (Å²) >= 11 is 0. The number of hydrogen-bond donors (Lipinski definition) is 2. The maximum absolute atomic E-state index is 12.8. The van der Waals surface area contributed by atoms with Crippen LogP contribution in [0.15, 0.2) is 48.8 Å². The molecule has 2 saturated heterocycles. The summed E-state index contributed by atoms with van der Waals surface area (Å²) in [5, 5.41) is 14.1. The zero-order valence-corrected chi connectivity index (χ0v) is 15.3. The SMILES string of the molecule is CC(=O)c1ccc(NC(=O)N2[C@@H]3CC[C@H]2CC(O)(c2cccnc2)C3)cc1. The van der Waals surface area contributed by atoms with Crippen LogP contribution in [0.3, 0.4) is 0 Å². The Hall–Kier alpha value is -2.73. The van der Waals surface area contributed by atoms with Gasteiger partial charge in [0.25, 0.3) is 0 Å². The van der Waals surface area contributed by atoms with E-state index in [9.17, 15) is 14.7 Å². The molecule has 1 aromatic carbocycles. The van der Waals surface area contributed by atoms with Crippen LogP contribution < -0.4 is 5.32 Å². The van der Waals surface area contributed by atoms with Crippen LogP contribution in [0.1, 0.15) is 48.5 Å². The Morgan fingerprint density at radius 2 is 1.81 bits per heavy atom. The zero-order valence-electron chi connectivity index (χ0n) is 15.3. The minimum Gasteiger partial charge on any atom is -0.385 e. The fourth-order valence-electron chi connectivity index (χ4n) is 4.41. The molecule has 2 amide bonds. The van der Waals surface area contributed by atoms with E-state index < -0.39 is 5.60 Å². The van der Waals surface area contributed by atoms with Crippen molar-refractivity contribution in [1.82, 2.24) is 9.88 Å². The lowest BCUT2D eigenvalue weighted by Crippen LogP contribution is -2.53. The number of hydrogen-bond acceptors (Lipinski definition) is 4. The summed E-state index contributed by atoms with van der Waals surface area (Å²) in [5.41, 5.74) is 1.17. The number of rotatable bonds is 3. The molecule has 6 heteroatoms. The molecule has 0 radical (unpaired) electrons. The molecular weight excluding hydrogens is 342 g/mol. The molecule has 4 rings (SSSR count). The number of aliphatic hydroxyl groups is 1. The number of amides is 2. The van der Waals surface area contributed by atoms with Crippen LogP contribution in [0.2, 0.25) is 0 Å². The van der Waals surface area contributed by atoms with Crippen LogP contribution in [-0.2, 0) is 5.60 Å². The summed E-state index contributed by atoms with van der Waals surface area (Å²) in [4.78, 5) is 30.2. The molecule has 3 atom stereocenters. The third kappa shape index (κ3) is 3.32. The predicted octanol–water partition coefficient (Wildman–Crippen LogP) is 3.33. The van der Waals surface area contributed by atoms with Crippen molar-refractivity contribution < 1.29 is 14.7 Å². The van der Waals surface area contributed by atoms with Gasteiger partial charge in [-0.05, 0) is 50.1 Å². The molecule has 1 unspecified atom stereocenters. The quantitative estimate of drug-likeness (QED) is 0.818. The highest BCUT2D eigenvalue weighted by Crippen LogP contribution is 2.45. The minimum atomic E-state index is -0.931. The third-order valence-electron chi connectivity index (χ3n) is 5.74. The molecule has 0 saturated carbocycles. The molecule has 0 aliphatic carbocycles. The van der Waals surface area contributed by atoms with E-state index in [0.29, 0.717) is 24.1 Å². The molecule has 0 spiro atoms. The maximum Gasteiger partial charge on any atom is 0.322 e. The van der Waals surface area contributed by atoms with Gasteiger partial charge in [0.05, 0.1) is 5.60 Å². The van der Waals surface area contributed by atoms with Crippen molar-refractivity contribution in [3.05, 3.63) is 59.9 Å². The normalized spacial score (nSPS) is 26.7. The van der Waals surface area contributed by atoms with Crippen LogP contribution in [0.4, 0.5) is 10.5 Å². The lowest BCUT2D eigenvalue weighted by molar-refractivity contribution is -0.0424. The fourth-order valence-corrected chi connectivity index (χ4v) is 4.41. The second-order valence-electron chi connectivity index (χ2n) is 7.54. The van der Waals surface area contributed by atoms with Gasteiger partial charge < -0.3 is 15.3 Å². The van der Waals surface area contributed by atoms with Gasteiger partial charge in [0, 0.05) is 54.1 Å². The molecule has 27 heavy (non-hydrogen) atoms. The zero-order chi connectivity index (χ0) is 19.0. The fraction of sp³-hybridized carbons (Fsp3) is 0.381. The lowest BCUT2D eigenvalue weighted by atomic mass is 9.81. The number of nitrogens with one attached hydrogen (secondary N) is 1. The van der Waals surface area contributed by atoms with Crippen LogP contribution in [0.25, 0.3) is 0 Å². The summed E-state index contributed by atoms with van der Waals surface area (Å²) in [5.74, 6) is -0.00311. The lowest BCUT2D eigenvalue weighted by Gasteiger charge is -2.43. The number of benzene rings is 1. The van der Waals surface area contributed by atoms with Gasteiger partial charge in [0.1, 0.15) is 0 Å². The number of fused-ring (bicyclic) bond motifs is 2. The molecule has 2 fully saturated rings. The third-order valence-corrected chi connectivity index (χ3v) is 5.74. The summed E-state index contributed by atoms with van der Waals surface area (Å²) in [7, 11) is 0. The highest BCUT2D eigenvalue weighted by Gasteiger charge is 2.50. The Bertz CT molecular complexity index is 837. The van der Waals surface area contributed by atoms with Gasteiger partial charge in [0.2, 0.25) is 0 Å². The van der Waals surface area contributed by atoms with Gasteiger partial charge in [-0.1, -0.05) is 6.07 Å². The van der Waals surface area contributed by atoms with Gasteiger partial charge in [0.15, 0.2) is 5.78 Å². The van der Waals surface area contributed by atoms with E-state index in [0.717, 1.165) is 18.4 Å². The summed E-state index contributed by atoms with van der Waals surface area (Å²) in [6, 6.07) is 10.5. The van der Waals surface area contributed by atoms with Crippen LogP contribution in [0, 0.1) is 0 Å². The Morgan fingerprint density at radius 3 is 2.37 bits per heavy atom. The summed E-state index contributed by atoms with van der Waals surface area (Å²) < 4.78 is 0. The number of ketones is 1. The first-order chi connectivity index (χ1) is 13.0. The summed E-state index contributed by atoms with van der Waals surface area (Å²) in [6.07, 6.45) is 6.23. The second kappa shape index (κ2) is 6.78. The van der Waals surface area contributed by atoms with Gasteiger partial charge in [-0.3, -0.25) is 9.78 Å². The van der Waals surface area contributed by atoms with E-state index in [4.69, 9.17) is 0 Å². The number of nitrogens with zero attached hydrogens (tertiary/aromatic N) is 2. The van der Waals surface area contributed by atoms with E-state index in [1.54, 1.807) is 36.7 Å². The van der Waals surface area contributed by atoms with Crippen molar-refractivity contribution in [3.63, 3.8) is 0 Å². The number of Topliss-reactive ketones (excluding diaryl/α,β-unsaturated/α-hetero) is 1. The van der Waals surface area contributed by atoms with E-state index in [-0.39, 0.29) is 23.9 Å². The number of carbonyl (C=O) groups excluding carboxylic acids is 2. The molecule has 1 aromatic heterocycles. The first kappa shape index (κ1) is 17.7. The average Bonchev–Trinajstić information content (AvgIpc) is 2.95. The van der Waals surface area contributed by atoms with Gasteiger partial charge in [-0.25, -0.2) is 4.79 Å². The number of aromatic nitrogens is 1. The molecule has 3 heterocycles. The molecule has 2 aliphatic heterocycles. The van der Waals surface area contributed by atoms with Crippen molar-refractivity contribution in [1.29, 1.82) is 0 Å². The number of carbonyl (C=O) groups is 2. The van der Waals surface area contributed by atoms with E-state index in [1.165, 1.54) is 6.92 Å². The Balaban J connectivity index is 1.48. The van der Waals surface area contributed by atoms with Crippen LogP contribution in [-0.4, -0.2) is 38.9 Å². The monoisotopic (exact) mass is 365 g/mol. The van der Waals surface area contributed by atoms with Gasteiger partial charge in [-0.15, -0.1) is 0 Å². The van der Waals surface area contributed by atoms with Crippen molar-refractivity contribution >= 4 is 17.5 Å². The number of pyridine rings is 1. The maximum atomic E-state index is 12.8. The predicted molar refractivity (Wildman–Crippen MR) is 101 cm³/mol. The Kier molecular flexibility index (Phi) is 4.44. The van der Waals surface area contributed by atoms with Crippen molar-refractivity contribution in [2.45, 2.75) is 50.3 Å². The highest BCUT2D eigenvalue weighted by molar-refractivity contribution is 5.95. The highest BCUT2D eigenvalue weighted by atomic mass is 16.3. The molecule has 2 bridgehead atoms. The largest absolute Gasteiger partial charge is 0.385 e. The molecule has 2 aromatic rings.